The highest BCUT2D eigenvalue weighted by atomic mass is 16.5. The molecule has 0 aliphatic carbocycles. The number of fused-ring (bicyclic) bond motifs is 2. The first-order valence-electron chi connectivity index (χ1n) is 6.12. The van der Waals surface area contributed by atoms with Crippen LogP contribution in [0.3, 0.4) is 0 Å². The van der Waals surface area contributed by atoms with Crippen molar-refractivity contribution in [2.24, 2.45) is 0 Å². The van der Waals surface area contributed by atoms with E-state index in [2.05, 4.69) is 9.97 Å². The second kappa shape index (κ2) is 4.65. The highest BCUT2D eigenvalue weighted by Gasteiger charge is 2.13. The average Bonchev–Trinajstić information content (AvgIpc) is 2.44. The Bertz CT molecular complexity index is 768. The molecule has 0 atom stereocenters. The fourth-order valence-corrected chi connectivity index (χ4v) is 2.02. The van der Waals surface area contributed by atoms with E-state index in [1.807, 2.05) is 30.3 Å². The van der Waals surface area contributed by atoms with E-state index in [1.165, 1.54) is 0 Å². The van der Waals surface area contributed by atoms with E-state index in [0.717, 1.165) is 11.0 Å². The fraction of sp³-hybridized carbons (Fsp3) is 0.133. The fourth-order valence-electron chi connectivity index (χ4n) is 2.02. The molecule has 0 saturated heterocycles. The number of aromatic nitrogens is 2. The molecule has 1 heterocycles. The van der Waals surface area contributed by atoms with E-state index in [9.17, 15) is 4.79 Å². The lowest BCUT2D eigenvalue weighted by molar-refractivity contribution is 0.0528. The molecule has 0 fully saturated rings. The predicted octanol–water partition coefficient (Wildman–Crippen LogP) is 2.96. The van der Waals surface area contributed by atoms with Crippen LogP contribution in [0.1, 0.15) is 17.3 Å². The van der Waals surface area contributed by atoms with Crippen molar-refractivity contribution in [3.05, 3.63) is 48.0 Å². The van der Waals surface area contributed by atoms with Gasteiger partial charge in [-0.05, 0) is 31.2 Å². The van der Waals surface area contributed by atoms with Crippen LogP contribution in [0, 0.1) is 0 Å². The minimum absolute atomic E-state index is 0.343. The highest BCUT2D eigenvalue weighted by Crippen LogP contribution is 2.19. The topological polar surface area (TPSA) is 52.1 Å². The summed E-state index contributed by atoms with van der Waals surface area (Å²) in [5.41, 5.74) is 3.32. The molecule has 0 radical (unpaired) electrons. The Labute approximate surface area is 110 Å². The molecule has 0 N–H and O–H groups in total. The van der Waals surface area contributed by atoms with Gasteiger partial charge in [-0.15, -0.1) is 0 Å². The van der Waals surface area contributed by atoms with Gasteiger partial charge in [-0.3, -0.25) is 0 Å². The molecule has 0 aliphatic heterocycles. The van der Waals surface area contributed by atoms with E-state index in [1.54, 1.807) is 19.1 Å². The number of rotatable bonds is 2. The number of hydrogen-bond acceptors (Lipinski definition) is 4. The van der Waals surface area contributed by atoms with Gasteiger partial charge in [0.15, 0.2) is 0 Å². The van der Waals surface area contributed by atoms with Gasteiger partial charge in [0.1, 0.15) is 5.52 Å². The van der Waals surface area contributed by atoms with Crippen LogP contribution in [0.25, 0.3) is 22.1 Å². The third-order valence-electron chi connectivity index (χ3n) is 2.86. The van der Waals surface area contributed by atoms with Crippen LogP contribution in [-0.4, -0.2) is 22.5 Å². The molecule has 1 aromatic heterocycles. The quantitative estimate of drug-likeness (QED) is 0.519. The summed E-state index contributed by atoms with van der Waals surface area (Å²) in [6, 6.07) is 12.9. The number of hydrogen-bond donors (Lipinski definition) is 0. The molecule has 4 nitrogen and oxygen atoms in total. The van der Waals surface area contributed by atoms with Crippen molar-refractivity contribution < 1.29 is 9.53 Å². The summed E-state index contributed by atoms with van der Waals surface area (Å²) in [6.07, 6.45) is 0. The zero-order chi connectivity index (χ0) is 13.2. The van der Waals surface area contributed by atoms with Crippen LogP contribution in [0.4, 0.5) is 0 Å². The van der Waals surface area contributed by atoms with E-state index in [-0.39, 0.29) is 5.97 Å². The van der Waals surface area contributed by atoms with Crippen molar-refractivity contribution in [1.82, 2.24) is 9.97 Å². The van der Waals surface area contributed by atoms with Crippen molar-refractivity contribution in [1.29, 1.82) is 0 Å². The monoisotopic (exact) mass is 252 g/mol. The van der Waals surface area contributed by atoms with Gasteiger partial charge < -0.3 is 4.74 Å². The van der Waals surface area contributed by atoms with Crippen LogP contribution in [-0.2, 0) is 4.74 Å². The van der Waals surface area contributed by atoms with Crippen LogP contribution < -0.4 is 0 Å². The van der Waals surface area contributed by atoms with Crippen LogP contribution in [0.2, 0.25) is 0 Å². The SMILES string of the molecule is CCOC(=O)c1cccc2nc3ccccc3nc12. The standard InChI is InChI=1S/C15H12N2O2/c1-2-19-15(18)10-6-5-9-13-14(10)17-12-8-4-3-7-11(12)16-13/h3-9H,2H2,1H3. The third-order valence-corrected chi connectivity index (χ3v) is 2.86. The number of nitrogens with zero attached hydrogens (tertiary/aromatic N) is 2. The van der Waals surface area contributed by atoms with E-state index in [0.29, 0.717) is 23.2 Å². The lowest BCUT2D eigenvalue weighted by Gasteiger charge is -2.06. The number of para-hydroxylation sites is 3. The summed E-state index contributed by atoms with van der Waals surface area (Å²) >= 11 is 0. The van der Waals surface area contributed by atoms with Crippen molar-refractivity contribution in [2.75, 3.05) is 6.61 Å². The molecule has 0 bridgehead atoms. The van der Waals surface area contributed by atoms with Gasteiger partial charge in [0, 0.05) is 0 Å². The Balaban J connectivity index is 2.29. The Morgan fingerprint density at radius 3 is 2.42 bits per heavy atom. The van der Waals surface area contributed by atoms with Crippen molar-refractivity contribution in [3.63, 3.8) is 0 Å². The predicted molar refractivity (Wildman–Crippen MR) is 73.0 cm³/mol. The number of carbonyl (C=O) groups excluding carboxylic acids is 1. The summed E-state index contributed by atoms with van der Waals surface area (Å²) in [7, 11) is 0. The molecule has 0 amide bonds. The number of esters is 1. The summed E-state index contributed by atoms with van der Waals surface area (Å²) in [5, 5.41) is 0. The maximum Gasteiger partial charge on any atom is 0.340 e. The molecule has 2 aromatic carbocycles. The van der Waals surface area contributed by atoms with Crippen molar-refractivity contribution in [3.8, 4) is 0 Å². The van der Waals surface area contributed by atoms with Crippen molar-refractivity contribution in [2.45, 2.75) is 6.92 Å². The van der Waals surface area contributed by atoms with Crippen LogP contribution >= 0.6 is 0 Å². The highest BCUT2D eigenvalue weighted by molar-refractivity contribution is 6.03. The molecule has 94 valence electrons. The summed E-state index contributed by atoms with van der Waals surface area (Å²) in [4.78, 5) is 20.9. The number of benzene rings is 2. The van der Waals surface area contributed by atoms with Gasteiger partial charge >= 0.3 is 5.97 Å². The maximum atomic E-state index is 11.9. The van der Waals surface area contributed by atoms with E-state index < -0.39 is 0 Å². The molecule has 0 aliphatic rings. The van der Waals surface area contributed by atoms with Gasteiger partial charge in [-0.1, -0.05) is 18.2 Å². The maximum absolute atomic E-state index is 11.9. The summed E-state index contributed by atoms with van der Waals surface area (Å²) < 4.78 is 5.04. The van der Waals surface area contributed by atoms with Gasteiger partial charge in [-0.25, -0.2) is 14.8 Å². The van der Waals surface area contributed by atoms with Crippen LogP contribution in [0.15, 0.2) is 42.5 Å². The minimum Gasteiger partial charge on any atom is -0.462 e. The Morgan fingerprint density at radius 1 is 1.00 bits per heavy atom. The molecule has 3 rings (SSSR count). The second-order valence-electron chi connectivity index (χ2n) is 4.11. The molecular weight excluding hydrogens is 240 g/mol. The molecule has 3 aromatic rings. The lowest BCUT2D eigenvalue weighted by Crippen LogP contribution is -2.06. The first-order valence-corrected chi connectivity index (χ1v) is 6.12. The number of carbonyl (C=O) groups is 1. The van der Waals surface area contributed by atoms with Gasteiger partial charge in [0.25, 0.3) is 0 Å². The lowest BCUT2D eigenvalue weighted by atomic mass is 10.1. The molecule has 0 spiro atoms. The van der Waals surface area contributed by atoms with Gasteiger partial charge in [0.2, 0.25) is 0 Å². The molecule has 0 saturated carbocycles. The summed E-state index contributed by atoms with van der Waals surface area (Å²) in [6.45, 7) is 2.13. The molecular formula is C15H12N2O2. The Kier molecular flexibility index (Phi) is 2.83. The van der Waals surface area contributed by atoms with E-state index >= 15 is 0 Å². The first kappa shape index (κ1) is 11.6. The third kappa shape index (κ3) is 2.01. The Morgan fingerprint density at radius 2 is 1.68 bits per heavy atom. The Hall–Kier alpha value is -2.49. The van der Waals surface area contributed by atoms with Gasteiger partial charge in [0.05, 0.1) is 28.7 Å². The van der Waals surface area contributed by atoms with Crippen LogP contribution in [0.5, 0.6) is 0 Å². The normalized spacial score (nSPS) is 10.8. The second-order valence-corrected chi connectivity index (χ2v) is 4.11. The molecule has 4 heteroatoms. The minimum atomic E-state index is -0.363. The smallest absolute Gasteiger partial charge is 0.340 e. The van der Waals surface area contributed by atoms with E-state index in [4.69, 9.17) is 4.74 Å². The average molecular weight is 252 g/mol. The zero-order valence-corrected chi connectivity index (χ0v) is 10.5. The molecule has 0 unspecified atom stereocenters. The zero-order valence-electron chi connectivity index (χ0n) is 10.5. The van der Waals surface area contributed by atoms with Crippen molar-refractivity contribution >= 4 is 28.0 Å². The largest absolute Gasteiger partial charge is 0.462 e. The first-order chi connectivity index (χ1) is 9.29. The summed E-state index contributed by atoms with van der Waals surface area (Å²) in [5.74, 6) is -0.363. The number of ether oxygens (including phenoxy) is 1. The molecule has 19 heavy (non-hydrogen) atoms. The van der Waals surface area contributed by atoms with Gasteiger partial charge in [-0.2, -0.15) is 0 Å².